The predicted molar refractivity (Wildman–Crippen MR) is 85.9 cm³/mol. The molecule has 0 radical (unpaired) electrons. The molecule has 0 atom stereocenters. The third-order valence-electron chi connectivity index (χ3n) is 2.93. The van der Waals surface area contributed by atoms with Gasteiger partial charge in [-0.1, -0.05) is 24.3 Å². The fourth-order valence-electron chi connectivity index (χ4n) is 2.06. The molecule has 100 valence electrons. The Morgan fingerprint density at radius 3 is 2.89 bits per heavy atom. The van der Waals surface area contributed by atoms with Crippen molar-refractivity contribution in [2.24, 2.45) is 0 Å². The highest BCUT2D eigenvalue weighted by Crippen LogP contribution is 2.24. The average Bonchev–Trinajstić information content (AvgIpc) is 2.39. The second-order valence-corrected chi connectivity index (χ2v) is 4.91. The minimum absolute atomic E-state index is 0.00849. The fourth-order valence-corrected chi connectivity index (χ4v) is 2.42. The number of benzene rings is 2. The van der Waals surface area contributed by atoms with E-state index in [4.69, 9.17) is 4.74 Å². The fraction of sp³-hybridized carbons (Fsp3) is 0.267. The summed E-state index contributed by atoms with van der Waals surface area (Å²) < 4.78 is 6.16. The average molecular weight is 369 g/mol. The number of rotatable bonds is 5. The van der Waals surface area contributed by atoms with Crippen LogP contribution < -0.4 is 10.1 Å². The zero-order valence-electron chi connectivity index (χ0n) is 10.8. The first-order valence-corrected chi connectivity index (χ1v) is 7.68. The van der Waals surface area contributed by atoms with Crippen LogP contribution in [0.5, 0.6) is 5.75 Å². The van der Waals surface area contributed by atoms with Gasteiger partial charge in [0.25, 0.3) is 0 Å². The first kappa shape index (κ1) is 14.1. The molecule has 2 rings (SSSR count). The normalized spacial score (nSPS) is 10.4. The molecular formula is C15H16INO2. The smallest absolute Gasteiger partial charge is 0.216 e. The van der Waals surface area contributed by atoms with Gasteiger partial charge in [0.15, 0.2) is 0 Å². The summed E-state index contributed by atoms with van der Waals surface area (Å²) in [4.78, 5) is 10.9. The molecule has 1 amide bonds. The maximum atomic E-state index is 10.9. The van der Waals surface area contributed by atoms with Crippen molar-refractivity contribution >= 4 is 39.3 Å². The summed E-state index contributed by atoms with van der Waals surface area (Å²) in [6, 6.07) is 12.3. The predicted octanol–water partition coefficient (Wildman–Crippen LogP) is 3.29. The Morgan fingerprint density at radius 2 is 2.16 bits per heavy atom. The number of carbonyl (C=O) groups is 1. The molecule has 0 heterocycles. The molecular weight excluding hydrogens is 353 g/mol. The van der Waals surface area contributed by atoms with Crippen molar-refractivity contribution in [3.63, 3.8) is 0 Å². The van der Waals surface area contributed by atoms with Crippen molar-refractivity contribution in [1.82, 2.24) is 5.32 Å². The van der Waals surface area contributed by atoms with E-state index in [1.807, 2.05) is 12.1 Å². The van der Waals surface area contributed by atoms with Crippen molar-refractivity contribution in [2.45, 2.75) is 13.3 Å². The van der Waals surface area contributed by atoms with Crippen LogP contribution in [0.15, 0.2) is 36.4 Å². The number of alkyl halides is 1. The Morgan fingerprint density at radius 1 is 1.32 bits per heavy atom. The van der Waals surface area contributed by atoms with Gasteiger partial charge in [0.2, 0.25) is 5.91 Å². The van der Waals surface area contributed by atoms with Gasteiger partial charge in [-0.15, -0.1) is 0 Å². The number of nitrogens with one attached hydrogen (secondary N) is 1. The summed E-state index contributed by atoms with van der Waals surface area (Å²) >= 11 is 2.18. The summed E-state index contributed by atoms with van der Waals surface area (Å²) in [7, 11) is 0. The van der Waals surface area contributed by atoms with Crippen LogP contribution in [0.4, 0.5) is 0 Å². The Kier molecular flexibility index (Phi) is 5.01. The molecule has 4 heteroatoms. The van der Waals surface area contributed by atoms with Gasteiger partial charge in [0.1, 0.15) is 10.4 Å². The van der Waals surface area contributed by atoms with Gasteiger partial charge < -0.3 is 10.1 Å². The van der Waals surface area contributed by atoms with E-state index >= 15 is 0 Å². The van der Waals surface area contributed by atoms with Crippen molar-refractivity contribution < 1.29 is 9.53 Å². The standard InChI is InChI=1S/C15H16INO2/c1-11(18)17-8-7-13-4-2-3-12-5-6-14(19-10-16)9-15(12)13/h2-6,9H,7-8,10H2,1H3,(H,17,18). The van der Waals surface area contributed by atoms with Crippen LogP contribution in [0.3, 0.4) is 0 Å². The molecule has 2 aromatic carbocycles. The first-order valence-electron chi connectivity index (χ1n) is 6.15. The molecule has 1 N–H and O–H groups in total. The van der Waals surface area contributed by atoms with E-state index in [0.29, 0.717) is 11.2 Å². The van der Waals surface area contributed by atoms with Crippen LogP contribution in [-0.4, -0.2) is 17.1 Å². The molecule has 0 aromatic heterocycles. The van der Waals surface area contributed by atoms with Gasteiger partial charge in [-0.2, -0.15) is 0 Å². The maximum absolute atomic E-state index is 10.9. The molecule has 19 heavy (non-hydrogen) atoms. The Labute approximate surface area is 126 Å². The zero-order valence-corrected chi connectivity index (χ0v) is 12.9. The lowest BCUT2D eigenvalue weighted by molar-refractivity contribution is -0.118. The highest BCUT2D eigenvalue weighted by atomic mass is 127. The Balaban J connectivity index is 2.26. The number of halogens is 1. The quantitative estimate of drug-likeness (QED) is 0.649. The lowest BCUT2D eigenvalue weighted by atomic mass is 10.0. The number of amides is 1. The van der Waals surface area contributed by atoms with E-state index in [-0.39, 0.29) is 5.91 Å². The third-order valence-corrected chi connectivity index (χ3v) is 3.24. The maximum Gasteiger partial charge on any atom is 0.216 e. The summed E-state index contributed by atoms with van der Waals surface area (Å²) in [5, 5.41) is 5.21. The van der Waals surface area contributed by atoms with E-state index in [0.717, 1.165) is 12.2 Å². The second kappa shape index (κ2) is 6.75. The van der Waals surface area contributed by atoms with Crippen molar-refractivity contribution in [3.05, 3.63) is 42.0 Å². The molecule has 0 bridgehead atoms. The minimum atomic E-state index is 0.00849. The van der Waals surface area contributed by atoms with Crippen molar-refractivity contribution in [2.75, 3.05) is 11.2 Å². The minimum Gasteiger partial charge on any atom is -0.483 e. The van der Waals surface area contributed by atoms with E-state index in [2.05, 4.69) is 52.2 Å². The molecule has 0 unspecified atom stereocenters. The molecule has 0 aliphatic rings. The number of carbonyl (C=O) groups excluding carboxylic acids is 1. The van der Waals surface area contributed by atoms with Gasteiger partial charge in [-0.3, -0.25) is 4.79 Å². The molecule has 2 aromatic rings. The highest BCUT2D eigenvalue weighted by Gasteiger charge is 2.03. The van der Waals surface area contributed by atoms with Crippen LogP contribution in [0.25, 0.3) is 10.8 Å². The lowest BCUT2D eigenvalue weighted by Gasteiger charge is -2.09. The summed E-state index contributed by atoms with van der Waals surface area (Å²) in [5.74, 6) is 0.892. The number of ether oxygens (including phenoxy) is 1. The van der Waals surface area contributed by atoms with Crippen LogP contribution in [0.1, 0.15) is 12.5 Å². The Hall–Kier alpha value is -1.30. The molecule has 0 fully saturated rings. The topological polar surface area (TPSA) is 38.3 Å². The van der Waals surface area contributed by atoms with E-state index in [9.17, 15) is 4.79 Å². The van der Waals surface area contributed by atoms with E-state index in [1.165, 1.54) is 23.3 Å². The summed E-state index contributed by atoms with van der Waals surface area (Å²) in [6.07, 6.45) is 0.824. The van der Waals surface area contributed by atoms with Gasteiger partial charge >= 0.3 is 0 Å². The van der Waals surface area contributed by atoms with Gasteiger partial charge in [0.05, 0.1) is 0 Å². The SMILES string of the molecule is CC(=O)NCCc1cccc2ccc(OCI)cc12. The number of fused-ring (bicyclic) bond motifs is 1. The van der Waals surface area contributed by atoms with Gasteiger partial charge in [-0.05, 0) is 57.5 Å². The monoisotopic (exact) mass is 369 g/mol. The van der Waals surface area contributed by atoms with Crippen molar-refractivity contribution in [1.29, 1.82) is 0 Å². The van der Waals surface area contributed by atoms with Gasteiger partial charge in [0, 0.05) is 13.5 Å². The van der Waals surface area contributed by atoms with E-state index in [1.54, 1.807) is 0 Å². The highest BCUT2D eigenvalue weighted by molar-refractivity contribution is 14.1. The summed E-state index contributed by atoms with van der Waals surface area (Å²) in [6.45, 7) is 2.20. The third kappa shape index (κ3) is 3.83. The van der Waals surface area contributed by atoms with Gasteiger partial charge in [-0.25, -0.2) is 0 Å². The summed E-state index contributed by atoms with van der Waals surface area (Å²) in [5.41, 5.74) is 1.23. The largest absolute Gasteiger partial charge is 0.483 e. The van der Waals surface area contributed by atoms with Crippen LogP contribution in [0, 0.1) is 0 Å². The Bertz CT molecular complexity index is 583. The molecule has 0 spiro atoms. The van der Waals surface area contributed by atoms with Crippen LogP contribution in [-0.2, 0) is 11.2 Å². The zero-order chi connectivity index (χ0) is 13.7. The van der Waals surface area contributed by atoms with E-state index < -0.39 is 0 Å². The number of hydrogen-bond acceptors (Lipinski definition) is 2. The molecule has 0 aliphatic carbocycles. The molecule has 3 nitrogen and oxygen atoms in total. The van der Waals surface area contributed by atoms with Crippen LogP contribution >= 0.6 is 22.6 Å². The lowest BCUT2D eigenvalue weighted by Crippen LogP contribution is -2.22. The van der Waals surface area contributed by atoms with Crippen LogP contribution in [0.2, 0.25) is 0 Å². The second-order valence-electron chi connectivity index (χ2n) is 4.29. The van der Waals surface area contributed by atoms with Crippen molar-refractivity contribution in [3.8, 4) is 5.75 Å². The molecule has 0 saturated carbocycles. The first-order chi connectivity index (χ1) is 9.20. The molecule has 0 aliphatic heterocycles. The number of hydrogen-bond donors (Lipinski definition) is 1. The molecule has 0 saturated heterocycles.